The van der Waals surface area contributed by atoms with Crippen LogP contribution in [-0.2, 0) is 18.3 Å². The first-order valence-corrected chi connectivity index (χ1v) is 17.3. The number of benzene rings is 4. The SMILES string of the molecule is C=CCc1cc(C2(c3cc(C)c(OCC4CS4)c(CC=C)c3)c3ccccc3-c3ccccc32)cc(C)c1OCC1CS1. The van der Waals surface area contributed by atoms with Gasteiger partial charge in [-0.1, -0.05) is 84.9 Å². The van der Waals surface area contributed by atoms with Crippen LogP contribution in [0.5, 0.6) is 11.5 Å². The van der Waals surface area contributed by atoms with Crippen LogP contribution in [-0.4, -0.2) is 35.2 Å². The summed E-state index contributed by atoms with van der Waals surface area (Å²) in [6, 6.07) is 27.4. The van der Waals surface area contributed by atoms with Gasteiger partial charge < -0.3 is 9.47 Å². The first-order valence-electron chi connectivity index (χ1n) is 15.2. The number of fused-ring (bicyclic) bond motifs is 3. The molecule has 43 heavy (non-hydrogen) atoms. The van der Waals surface area contributed by atoms with E-state index in [1.807, 2.05) is 35.7 Å². The molecule has 4 aromatic rings. The molecule has 7 rings (SSSR count). The van der Waals surface area contributed by atoms with Crippen molar-refractivity contribution in [2.45, 2.75) is 42.6 Å². The van der Waals surface area contributed by atoms with Crippen LogP contribution in [0.4, 0.5) is 0 Å². The van der Waals surface area contributed by atoms with Gasteiger partial charge in [0.05, 0.1) is 5.41 Å². The average molecular weight is 603 g/mol. The van der Waals surface area contributed by atoms with E-state index in [0.717, 1.165) is 37.6 Å². The molecule has 2 aliphatic heterocycles. The molecule has 2 nitrogen and oxygen atoms in total. The normalized spacial score (nSPS) is 18.8. The van der Waals surface area contributed by atoms with Crippen molar-refractivity contribution in [2.24, 2.45) is 0 Å². The molecule has 0 bridgehead atoms. The summed E-state index contributed by atoms with van der Waals surface area (Å²) in [5.41, 5.74) is 12.0. The van der Waals surface area contributed by atoms with Crippen molar-refractivity contribution in [3.8, 4) is 22.6 Å². The standard InChI is InChI=1S/C39H38O2S2/c1-5-11-27-19-29(17-25(3)37(27)40-21-31-23-42-31)39(35-15-9-7-13-33(35)34-14-8-10-16-36(34)39)30-18-26(4)38(28(20-30)12-6-2)41-22-32-24-43-32/h5-10,13-20,31-32H,1-2,11-12,21-24H2,3-4H3. The third kappa shape index (κ3) is 5.13. The number of hydrogen-bond acceptors (Lipinski definition) is 4. The van der Waals surface area contributed by atoms with Crippen molar-refractivity contribution in [1.82, 2.24) is 0 Å². The number of aryl methyl sites for hydroxylation is 2. The molecule has 0 saturated carbocycles. The maximum atomic E-state index is 6.48. The Bertz CT molecular complexity index is 1590. The van der Waals surface area contributed by atoms with Gasteiger partial charge in [-0.15, -0.1) is 13.2 Å². The largest absolute Gasteiger partial charge is 0.492 e. The summed E-state index contributed by atoms with van der Waals surface area (Å²) in [6.45, 7) is 14.1. The maximum Gasteiger partial charge on any atom is 0.125 e. The highest BCUT2D eigenvalue weighted by Gasteiger charge is 2.47. The van der Waals surface area contributed by atoms with Crippen LogP contribution in [0, 0.1) is 13.8 Å². The highest BCUT2D eigenvalue weighted by atomic mass is 32.2. The molecule has 2 unspecified atom stereocenters. The molecule has 1 aliphatic carbocycles. The van der Waals surface area contributed by atoms with E-state index in [9.17, 15) is 0 Å². The third-order valence-electron chi connectivity index (χ3n) is 8.88. The molecule has 0 spiro atoms. The number of hydrogen-bond donors (Lipinski definition) is 0. The topological polar surface area (TPSA) is 18.5 Å². The van der Waals surface area contributed by atoms with E-state index in [2.05, 4.69) is 99.8 Å². The Hall–Kier alpha value is -3.34. The second-order valence-electron chi connectivity index (χ2n) is 11.9. The molecule has 3 aliphatic rings. The minimum atomic E-state index is -0.496. The van der Waals surface area contributed by atoms with Gasteiger partial charge in [-0.05, 0) is 82.3 Å². The Morgan fingerprint density at radius 2 is 1.12 bits per heavy atom. The summed E-state index contributed by atoms with van der Waals surface area (Å²) >= 11 is 3.94. The summed E-state index contributed by atoms with van der Waals surface area (Å²) in [7, 11) is 0. The van der Waals surface area contributed by atoms with E-state index < -0.39 is 5.41 Å². The van der Waals surface area contributed by atoms with Crippen molar-refractivity contribution in [1.29, 1.82) is 0 Å². The smallest absolute Gasteiger partial charge is 0.125 e. The third-order valence-corrected chi connectivity index (χ3v) is 10.8. The Labute approximate surface area is 264 Å². The fraction of sp³-hybridized carbons (Fsp3) is 0.282. The van der Waals surface area contributed by atoms with Crippen LogP contribution in [0.1, 0.15) is 44.5 Å². The first kappa shape index (κ1) is 28.4. The van der Waals surface area contributed by atoms with Crippen molar-refractivity contribution < 1.29 is 9.47 Å². The van der Waals surface area contributed by atoms with Gasteiger partial charge in [0, 0.05) is 22.0 Å². The summed E-state index contributed by atoms with van der Waals surface area (Å²) in [6.07, 6.45) is 5.51. The maximum absolute atomic E-state index is 6.48. The molecule has 2 heterocycles. The Morgan fingerprint density at radius 1 is 0.698 bits per heavy atom. The molecule has 218 valence electrons. The van der Waals surface area contributed by atoms with Gasteiger partial charge in [-0.25, -0.2) is 0 Å². The summed E-state index contributed by atoms with van der Waals surface area (Å²) < 4.78 is 13.0. The summed E-state index contributed by atoms with van der Waals surface area (Å²) in [5.74, 6) is 4.40. The van der Waals surface area contributed by atoms with Gasteiger partial charge in [-0.2, -0.15) is 23.5 Å². The molecule has 2 fully saturated rings. The number of allylic oxidation sites excluding steroid dienone is 2. The number of thioether (sulfide) groups is 2. The molecule has 4 aromatic carbocycles. The van der Waals surface area contributed by atoms with E-state index in [0.29, 0.717) is 10.5 Å². The van der Waals surface area contributed by atoms with Gasteiger partial charge in [0.15, 0.2) is 0 Å². The number of ether oxygens (including phenoxy) is 2. The average Bonchev–Trinajstić information content (AvgIpc) is 3.95. The highest BCUT2D eigenvalue weighted by Crippen LogP contribution is 2.57. The summed E-state index contributed by atoms with van der Waals surface area (Å²) in [4.78, 5) is 0. The predicted octanol–water partition coefficient (Wildman–Crippen LogP) is 9.11. The van der Waals surface area contributed by atoms with Crippen LogP contribution < -0.4 is 9.47 Å². The molecule has 4 heteroatoms. The highest BCUT2D eigenvalue weighted by molar-refractivity contribution is 8.07. The Kier molecular flexibility index (Phi) is 7.69. The van der Waals surface area contributed by atoms with Gasteiger partial charge in [-0.3, -0.25) is 0 Å². The molecule has 0 amide bonds. The van der Waals surface area contributed by atoms with Gasteiger partial charge >= 0.3 is 0 Å². The van der Waals surface area contributed by atoms with Crippen LogP contribution in [0.2, 0.25) is 0 Å². The van der Waals surface area contributed by atoms with E-state index in [1.54, 1.807) is 0 Å². The fourth-order valence-electron chi connectivity index (χ4n) is 6.86. The fourth-order valence-corrected chi connectivity index (χ4v) is 7.65. The Balaban J connectivity index is 1.49. The minimum Gasteiger partial charge on any atom is -0.492 e. The lowest BCUT2D eigenvalue weighted by Gasteiger charge is -2.36. The van der Waals surface area contributed by atoms with E-state index in [1.165, 1.54) is 67.1 Å². The van der Waals surface area contributed by atoms with E-state index >= 15 is 0 Å². The van der Waals surface area contributed by atoms with Crippen LogP contribution in [0.25, 0.3) is 11.1 Å². The van der Waals surface area contributed by atoms with E-state index in [-0.39, 0.29) is 0 Å². The van der Waals surface area contributed by atoms with Gasteiger partial charge in [0.25, 0.3) is 0 Å². The predicted molar refractivity (Wildman–Crippen MR) is 185 cm³/mol. The van der Waals surface area contributed by atoms with Crippen molar-refractivity contribution >= 4 is 23.5 Å². The molecule has 0 radical (unpaired) electrons. The molecule has 2 saturated heterocycles. The molecular formula is C39H38O2S2. The lowest BCUT2D eigenvalue weighted by molar-refractivity contribution is 0.324. The lowest BCUT2D eigenvalue weighted by atomic mass is 9.66. The summed E-state index contributed by atoms with van der Waals surface area (Å²) in [5, 5.41) is 1.22. The molecule has 0 N–H and O–H groups in total. The van der Waals surface area contributed by atoms with Crippen molar-refractivity contribution in [2.75, 3.05) is 24.7 Å². The second kappa shape index (κ2) is 11.6. The van der Waals surface area contributed by atoms with Gasteiger partial charge in [0.1, 0.15) is 24.7 Å². The zero-order chi connectivity index (χ0) is 29.6. The second-order valence-corrected chi connectivity index (χ2v) is 14.6. The van der Waals surface area contributed by atoms with Gasteiger partial charge in [0.2, 0.25) is 0 Å². The van der Waals surface area contributed by atoms with Crippen LogP contribution >= 0.6 is 23.5 Å². The van der Waals surface area contributed by atoms with Crippen LogP contribution in [0.3, 0.4) is 0 Å². The van der Waals surface area contributed by atoms with Crippen molar-refractivity contribution in [3.63, 3.8) is 0 Å². The Morgan fingerprint density at radius 3 is 1.51 bits per heavy atom. The minimum absolute atomic E-state index is 0.496. The number of rotatable bonds is 12. The lowest BCUT2D eigenvalue weighted by Crippen LogP contribution is -2.29. The van der Waals surface area contributed by atoms with E-state index in [4.69, 9.17) is 9.47 Å². The van der Waals surface area contributed by atoms with Crippen molar-refractivity contribution in [3.05, 3.63) is 143 Å². The quantitative estimate of drug-likeness (QED) is 0.105. The van der Waals surface area contributed by atoms with Crippen LogP contribution in [0.15, 0.2) is 98.1 Å². The molecule has 2 atom stereocenters. The molecular weight excluding hydrogens is 565 g/mol. The molecule has 0 aromatic heterocycles. The monoisotopic (exact) mass is 602 g/mol. The first-order chi connectivity index (χ1) is 21.0. The zero-order valence-electron chi connectivity index (χ0n) is 25.0. The zero-order valence-corrected chi connectivity index (χ0v) is 26.7.